The zero-order chi connectivity index (χ0) is 12.2. The molecule has 0 radical (unpaired) electrons. The van der Waals surface area contributed by atoms with Gasteiger partial charge in [-0.3, -0.25) is 4.79 Å². The highest BCUT2D eigenvalue weighted by Gasteiger charge is 2.31. The van der Waals surface area contributed by atoms with Gasteiger partial charge in [0.05, 0.1) is 6.10 Å². The average Bonchev–Trinajstić information content (AvgIpc) is 2.14. The minimum atomic E-state index is -4.44. The lowest BCUT2D eigenvalue weighted by atomic mass is 9.87. The van der Waals surface area contributed by atoms with Gasteiger partial charge in [-0.15, -0.1) is 0 Å². The van der Waals surface area contributed by atoms with E-state index in [1.807, 2.05) is 0 Å². The fourth-order valence-corrected chi connectivity index (χ4v) is 1.85. The van der Waals surface area contributed by atoms with E-state index in [4.69, 9.17) is 0 Å². The molecule has 0 aromatic rings. The zero-order valence-electron chi connectivity index (χ0n) is 8.89. The van der Waals surface area contributed by atoms with Gasteiger partial charge in [0.15, 0.2) is 0 Å². The Hall–Kier alpha value is -0.780. The Balaban J connectivity index is 2.17. The summed E-state index contributed by atoms with van der Waals surface area (Å²) in [6.45, 7) is 0.279. The van der Waals surface area contributed by atoms with Crippen molar-refractivity contribution in [2.75, 3.05) is 6.54 Å². The van der Waals surface area contributed by atoms with Crippen LogP contribution in [0.3, 0.4) is 0 Å². The largest absolute Gasteiger partial charge is 0.397 e. The first kappa shape index (κ1) is 13.3. The zero-order valence-corrected chi connectivity index (χ0v) is 8.89. The fraction of sp³-hybridized carbons (Fsp3) is 0.900. The summed E-state index contributed by atoms with van der Waals surface area (Å²) >= 11 is 0. The highest BCUT2D eigenvalue weighted by molar-refractivity contribution is 5.76. The van der Waals surface area contributed by atoms with Crippen LogP contribution in [0.1, 0.15) is 32.1 Å². The number of rotatable bonds is 3. The second-order valence-corrected chi connectivity index (χ2v) is 4.27. The molecule has 0 unspecified atom stereocenters. The standard InChI is InChI=1S/C10H16F3NO2/c11-10(12,13)5-9(16)14-6-7-1-3-8(15)4-2-7/h7-8,15H,1-6H2,(H,14,16). The van der Waals surface area contributed by atoms with E-state index >= 15 is 0 Å². The highest BCUT2D eigenvalue weighted by Crippen LogP contribution is 2.24. The molecule has 0 bridgehead atoms. The molecular weight excluding hydrogens is 223 g/mol. The van der Waals surface area contributed by atoms with Crippen molar-refractivity contribution in [3.05, 3.63) is 0 Å². The van der Waals surface area contributed by atoms with Gasteiger partial charge in [-0.25, -0.2) is 0 Å². The van der Waals surface area contributed by atoms with Crippen molar-refractivity contribution < 1.29 is 23.1 Å². The minimum absolute atomic E-state index is 0.195. The Labute approximate surface area is 92.0 Å². The Bertz CT molecular complexity index is 235. The number of aliphatic hydroxyl groups is 1. The van der Waals surface area contributed by atoms with Crippen LogP contribution in [0, 0.1) is 5.92 Å². The summed E-state index contributed by atoms with van der Waals surface area (Å²) in [7, 11) is 0. The van der Waals surface area contributed by atoms with Crippen molar-refractivity contribution in [3.8, 4) is 0 Å². The number of carbonyl (C=O) groups is 1. The van der Waals surface area contributed by atoms with Crippen LogP contribution in [0.25, 0.3) is 0 Å². The van der Waals surface area contributed by atoms with Crippen molar-refractivity contribution in [2.24, 2.45) is 5.92 Å². The Kier molecular flexibility index (Phi) is 4.58. The summed E-state index contributed by atoms with van der Waals surface area (Å²) in [5.41, 5.74) is 0. The molecule has 1 amide bonds. The van der Waals surface area contributed by atoms with Crippen molar-refractivity contribution in [2.45, 2.75) is 44.4 Å². The maximum absolute atomic E-state index is 11.8. The summed E-state index contributed by atoms with van der Waals surface area (Å²) in [5, 5.41) is 11.5. The van der Waals surface area contributed by atoms with E-state index in [2.05, 4.69) is 5.32 Å². The lowest BCUT2D eigenvalue weighted by molar-refractivity contribution is -0.153. The normalized spacial score (nSPS) is 26.5. The van der Waals surface area contributed by atoms with Crippen LogP contribution in [0.4, 0.5) is 13.2 Å². The van der Waals surface area contributed by atoms with Crippen LogP contribution in [0.2, 0.25) is 0 Å². The molecular formula is C10H16F3NO2. The quantitative estimate of drug-likeness (QED) is 0.786. The number of aliphatic hydroxyl groups excluding tert-OH is 1. The van der Waals surface area contributed by atoms with Crippen LogP contribution in [-0.4, -0.2) is 29.8 Å². The third-order valence-electron chi connectivity index (χ3n) is 2.77. The third-order valence-corrected chi connectivity index (χ3v) is 2.77. The highest BCUT2D eigenvalue weighted by atomic mass is 19.4. The molecule has 3 nitrogen and oxygen atoms in total. The van der Waals surface area contributed by atoms with Crippen LogP contribution in [-0.2, 0) is 4.79 Å². The molecule has 1 fully saturated rings. The Morgan fingerprint density at radius 1 is 1.25 bits per heavy atom. The van der Waals surface area contributed by atoms with E-state index < -0.39 is 18.5 Å². The van der Waals surface area contributed by atoms with Gasteiger partial charge < -0.3 is 10.4 Å². The van der Waals surface area contributed by atoms with Gasteiger partial charge in [0.1, 0.15) is 6.42 Å². The molecule has 6 heteroatoms. The number of hydrogen-bond acceptors (Lipinski definition) is 2. The summed E-state index contributed by atoms with van der Waals surface area (Å²) in [4.78, 5) is 10.9. The summed E-state index contributed by atoms with van der Waals surface area (Å²) in [6, 6.07) is 0. The number of carbonyl (C=O) groups excluding carboxylic acids is 1. The molecule has 16 heavy (non-hydrogen) atoms. The predicted octanol–water partition coefficient (Wildman–Crippen LogP) is 1.61. The van der Waals surface area contributed by atoms with Crippen LogP contribution in [0.15, 0.2) is 0 Å². The second-order valence-electron chi connectivity index (χ2n) is 4.27. The van der Waals surface area contributed by atoms with E-state index in [9.17, 15) is 23.1 Å². The predicted molar refractivity (Wildman–Crippen MR) is 51.6 cm³/mol. The Morgan fingerprint density at radius 3 is 2.31 bits per heavy atom. The first-order valence-corrected chi connectivity index (χ1v) is 5.38. The summed E-state index contributed by atoms with van der Waals surface area (Å²) < 4.78 is 35.5. The van der Waals surface area contributed by atoms with E-state index in [0.717, 1.165) is 12.8 Å². The SMILES string of the molecule is O=C(CC(F)(F)F)NCC1CCC(O)CC1. The Morgan fingerprint density at radius 2 is 1.81 bits per heavy atom. The topological polar surface area (TPSA) is 49.3 Å². The first-order valence-electron chi connectivity index (χ1n) is 5.38. The van der Waals surface area contributed by atoms with Crippen molar-refractivity contribution >= 4 is 5.91 Å². The fourth-order valence-electron chi connectivity index (χ4n) is 1.85. The van der Waals surface area contributed by atoms with E-state index in [-0.39, 0.29) is 18.6 Å². The average molecular weight is 239 g/mol. The molecule has 0 aromatic carbocycles. The molecule has 0 aliphatic heterocycles. The maximum atomic E-state index is 11.8. The van der Waals surface area contributed by atoms with E-state index in [1.165, 1.54) is 0 Å². The van der Waals surface area contributed by atoms with Crippen molar-refractivity contribution in [3.63, 3.8) is 0 Å². The monoisotopic (exact) mass is 239 g/mol. The van der Waals surface area contributed by atoms with Gasteiger partial charge in [-0.05, 0) is 31.6 Å². The van der Waals surface area contributed by atoms with E-state index in [1.54, 1.807) is 0 Å². The molecule has 2 N–H and O–H groups in total. The molecule has 1 aliphatic carbocycles. The van der Waals surface area contributed by atoms with E-state index in [0.29, 0.717) is 12.8 Å². The lowest BCUT2D eigenvalue weighted by Crippen LogP contribution is -2.34. The summed E-state index contributed by atoms with van der Waals surface area (Å²) in [5.74, 6) is -0.779. The first-order chi connectivity index (χ1) is 7.37. The maximum Gasteiger partial charge on any atom is 0.397 e. The summed E-state index contributed by atoms with van der Waals surface area (Å²) in [6.07, 6.45) is -3.29. The van der Waals surface area contributed by atoms with Crippen molar-refractivity contribution in [1.82, 2.24) is 5.32 Å². The molecule has 0 spiro atoms. The second kappa shape index (κ2) is 5.52. The van der Waals surface area contributed by atoms with Crippen molar-refractivity contribution in [1.29, 1.82) is 0 Å². The molecule has 1 aliphatic rings. The third kappa shape index (κ3) is 5.34. The van der Waals surface area contributed by atoms with Gasteiger partial charge in [-0.1, -0.05) is 0 Å². The van der Waals surface area contributed by atoms with Crippen LogP contribution in [0.5, 0.6) is 0 Å². The van der Waals surface area contributed by atoms with Gasteiger partial charge in [0.2, 0.25) is 5.91 Å². The smallest absolute Gasteiger partial charge is 0.393 e. The number of halogens is 3. The minimum Gasteiger partial charge on any atom is -0.393 e. The number of amides is 1. The van der Waals surface area contributed by atoms with Gasteiger partial charge >= 0.3 is 6.18 Å². The van der Waals surface area contributed by atoms with Gasteiger partial charge in [0.25, 0.3) is 0 Å². The van der Waals surface area contributed by atoms with Gasteiger partial charge in [0, 0.05) is 6.54 Å². The molecule has 0 heterocycles. The molecule has 0 aromatic heterocycles. The van der Waals surface area contributed by atoms with Crippen LogP contribution < -0.4 is 5.32 Å². The molecule has 0 saturated heterocycles. The molecule has 94 valence electrons. The molecule has 1 rings (SSSR count). The molecule has 0 atom stereocenters. The lowest BCUT2D eigenvalue weighted by Gasteiger charge is -2.25. The number of nitrogens with one attached hydrogen (secondary N) is 1. The number of hydrogen-bond donors (Lipinski definition) is 2. The number of alkyl halides is 3. The van der Waals surface area contributed by atoms with Crippen LogP contribution >= 0.6 is 0 Å². The molecule has 1 saturated carbocycles. The van der Waals surface area contributed by atoms with Gasteiger partial charge in [-0.2, -0.15) is 13.2 Å².